The molecule has 0 spiro atoms. The molecule has 0 aliphatic rings. The minimum atomic E-state index is -0.330. The molecular formula is C13H18ClNO3. The Kier molecular flexibility index (Phi) is 7.41. The fraction of sp³-hybridized carbons (Fsp3) is 0.462. The van der Waals surface area contributed by atoms with Gasteiger partial charge in [0.1, 0.15) is 6.61 Å². The van der Waals surface area contributed by atoms with Crippen molar-refractivity contribution in [1.82, 2.24) is 5.32 Å². The first-order chi connectivity index (χ1) is 8.74. The van der Waals surface area contributed by atoms with E-state index >= 15 is 0 Å². The van der Waals surface area contributed by atoms with Crippen LogP contribution in [0.2, 0.25) is 5.02 Å². The zero-order valence-electron chi connectivity index (χ0n) is 10.4. The average molecular weight is 272 g/mol. The summed E-state index contributed by atoms with van der Waals surface area (Å²) in [6.07, 6.45) is 0. The summed E-state index contributed by atoms with van der Waals surface area (Å²) in [5.74, 6) is -0.330. The number of esters is 1. The zero-order chi connectivity index (χ0) is 13.2. The molecule has 0 atom stereocenters. The van der Waals surface area contributed by atoms with Gasteiger partial charge >= 0.3 is 5.97 Å². The molecular weight excluding hydrogens is 254 g/mol. The molecule has 0 fully saturated rings. The SMILES string of the molecule is CCOC(=O)COCCNCc1ccccc1Cl. The van der Waals surface area contributed by atoms with Gasteiger partial charge in [0.25, 0.3) is 0 Å². The normalized spacial score (nSPS) is 10.3. The van der Waals surface area contributed by atoms with Crippen molar-refractivity contribution in [2.24, 2.45) is 0 Å². The van der Waals surface area contributed by atoms with E-state index in [1.165, 1.54) is 0 Å². The van der Waals surface area contributed by atoms with Crippen molar-refractivity contribution in [2.75, 3.05) is 26.4 Å². The molecule has 0 amide bonds. The van der Waals surface area contributed by atoms with Gasteiger partial charge in [0, 0.05) is 18.1 Å². The predicted octanol–water partition coefficient (Wildman–Crippen LogP) is 2.01. The number of rotatable bonds is 8. The fourth-order valence-corrected chi connectivity index (χ4v) is 1.57. The van der Waals surface area contributed by atoms with Gasteiger partial charge in [-0.05, 0) is 18.6 Å². The molecule has 0 aliphatic heterocycles. The Morgan fingerprint density at radius 3 is 2.89 bits per heavy atom. The lowest BCUT2D eigenvalue weighted by Crippen LogP contribution is -2.21. The summed E-state index contributed by atoms with van der Waals surface area (Å²) in [7, 11) is 0. The monoisotopic (exact) mass is 271 g/mol. The quantitative estimate of drug-likeness (QED) is 0.580. The van der Waals surface area contributed by atoms with E-state index in [-0.39, 0.29) is 12.6 Å². The molecule has 0 bridgehead atoms. The number of carbonyl (C=O) groups excluding carboxylic acids is 1. The Balaban J connectivity index is 2.06. The summed E-state index contributed by atoms with van der Waals surface area (Å²) in [6.45, 7) is 3.95. The van der Waals surface area contributed by atoms with Crippen LogP contribution in [0.1, 0.15) is 12.5 Å². The molecule has 4 nitrogen and oxygen atoms in total. The number of halogens is 1. The van der Waals surface area contributed by atoms with Crippen molar-refractivity contribution in [2.45, 2.75) is 13.5 Å². The molecule has 1 N–H and O–H groups in total. The molecule has 1 aromatic carbocycles. The Morgan fingerprint density at radius 2 is 2.17 bits per heavy atom. The minimum absolute atomic E-state index is 0.00160. The first-order valence-electron chi connectivity index (χ1n) is 5.91. The van der Waals surface area contributed by atoms with Crippen LogP contribution in [0.5, 0.6) is 0 Å². The van der Waals surface area contributed by atoms with Crippen molar-refractivity contribution in [3.8, 4) is 0 Å². The van der Waals surface area contributed by atoms with Crippen molar-refractivity contribution in [1.29, 1.82) is 0 Å². The smallest absolute Gasteiger partial charge is 0.332 e. The van der Waals surface area contributed by atoms with Gasteiger partial charge in [0.15, 0.2) is 0 Å². The molecule has 1 aromatic rings. The highest BCUT2D eigenvalue weighted by molar-refractivity contribution is 6.31. The van der Waals surface area contributed by atoms with Crippen LogP contribution in [0.25, 0.3) is 0 Å². The van der Waals surface area contributed by atoms with Crippen molar-refractivity contribution in [3.05, 3.63) is 34.9 Å². The minimum Gasteiger partial charge on any atom is -0.464 e. The molecule has 0 saturated heterocycles. The van der Waals surface area contributed by atoms with Gasteiger partial charge in [-0.25, -0.2) is 4.79 Å². The Morgan fingerprint density at radius 1 is 1.39 bits per heavy atom. The molecule has 100 valence electrons. The number of hydrogen-bond acceptors (Lipinski definition) is 4. The van der Waals surface area contributed by atoms with Crippen LogP contribution in [-0.2, 0) is 20.8 Å². The second-order valence-electron chi connectivity index (χ2n) is 3.63. The Hall–Kier alpha value is -1.10. The summed E-state index contributed by atoms with van der Waals surface area (Å²) < 4.78 is 9.88. The molecule has 18 heavy (non-hydrogen) atoms. The van der Waals surface area contributed by atoms with Gasteiger partial charge < -0.3 is 14.8 Å². The van der Waals surface area contributed by atoms with Crippen LogP contribution in [0.3, 0.4) is 0 Å². The third-order valence-electron chi connectivity index (χ3n) is 2.22. The summed E-state index contributed by atoms with van der Waals surface area (Å²) in [4.78, 5) is 11.0. The fourth-order valence-electron chi connectivity index (χ4n) is 1.37. The lowest BCUT2D eigenvalue weighted by Gasteiger charge is -2.07. The third kappa shape index (κ3) is 6.00. The van der Waals surface area contributed by atoms with Gasteiger partial charge in [-0.2, -0.15) is 0 Å². The van der Waals surface area contributed by atoms with Crippen LogP contribution in [0, 0.1) is 0 Å². The van der Waals surface area contributed by atoms with Crippen LogP contribution in [-0.4, -0.2) is 32.3 Å². The second kappa shape index (κ2) is 8.91. The van der Waals surface area contributed by atoms with Crippen LogP contribution in [0.4, 0.5) is 0 Å². The summed E-state index contributed by atoms with van der Waals surface area (Å²) >= 11 is 6.01. The molecule has 0 aromatic heterocycles. The van der Waals surface area contributed by atoms with Crippen molar-refractivity contribution in [3.63, 3.8) is 0 Å². The van der Waals surface area contributed by atoms with Gasteiger partial charge in [-0.15, -0.1) is 0 Å². The topological polar surface area (TPSA) is 47.6 Å². The van der Waals surface area contributed by atoms with Crippen LogP contribution in [0.15, 0.2) is 24.3 Å². The highest BCUT2D eigenvalue weighted by Crippen LogP contribution is 2.13. The van der Waals surface area contributed by atoms with Crippen LogP contribution < -0.4 is 5.32 Å². The van der Waals surface area contributed by atoms with Crippen LogP contribution >= 0.6 is 11.6 Å². The van der Waals surface area contributed by atoms with Gasteiger partial charge in [0.05, 0.1) is 13.2 Å². The molecule has 0 heterocycles. The average Bonchev–Trinajstić information content (AvgIpc) is 2.36. The Bertz CT molecular complexity index is 371. The van der Waals surface area contributed by atoms with Crippen molar-refractivity contribution >= 4 is 17.6 Å². The maximum atomic E-state index is 11.0. The molecule has 0 saturated carbocycles. The summed E-state index contributed by atoms with van der Waals surface area (Å²) in [6, 6.07) is 7.67. The highest BCUT2D eigenvalue weighted by atomic mass is 35.5. The maximum Gasteiger partial charge on any atom is 0.332 e. The number of nitrogens with one attached hydrogen (secondary N) is 1. The zero-order valence-corrected chi connectivity index (χ0v) is 11.2. The third-order valence-corrected chi connectivity index (χ3v) is 2.59. The molecule has 0 unspecified atom stereocenters. The molecule has 0 radical (unpaired) electrons. The lowest BCUT2D eigenvalue weighted by atomic mass is 10.2. The largest absolute Gasteiger partial charge is 0.464 e. The van der Waals surface area contributed by atoms with E-state index in [1.54, 1.807) is 6.92 Å². The first-order valence-corrected chi connectivity index (χ1v) is 6.29. The number of carbonyl (C=O) groups is 1. The van der Waals surface area contributed by atoms with Crippen molar-refractivity contribution < 1.29 is 14.3 Å². The lowest BCUT2D eigenvalue weighted by molar-refractivity contribution is -0.148. The van der Waals surface area contributed by atoms with Gasteiger partial charge in [0.2, 0.25) is 0 Å². The number of benzene rings is 1. The Labute approximate surface area is 112 Å². The van der Waals surface area contributed by atoms with E-state index in [2.05, 4.69) is 5.32 Å². The molecule has 0 aliphatic carbocycles. The van der Waals surface area contributed by atoms with E-state index in [1.807, 2.05) is 24.3 Å². The first kappa shape index (κ1) is 15.0. The maximum absolute atomic E-state index is 11.0. The van der Waals surface area contributed by atoms with E-state index in [0.717, 1.165) is 10.6 Å². The molecule has 5 heteroatoms. The summed E-state index contributed by atoms with van der Waals surface area (Å²) in [5.41, 5.74) is 1.05. The summed E-state index contributed by atoms with van der Waals surface area (Å²) in [5, 5.41) is 3.93. The number of ether oxygens (including phenoxy) is 2. The van der Waals surface area contributed by atoms with Gasteiger partial charge in [-0.3, -0.25) is 0 Å². The van der Waals surface area contributed by atoms with E-state index < -0.39 is 0 Å². The molecule has 1 rings (SSSR count). The van der Waals surface area contributed by atoms with E-state index in [0.29, 0.717) is 26.3 Å². The van der Waals surface area contributed by atoms with Gasteiger partial charge in [-0.1, -0.05) is 29.8 Å². The second-order valence-corrected chi connectivity index (χ2v) is 4.03. The highest BCUT2D eigenvalue weighted by Gasteiger charge is 2.01. The predicted molar refractivity (Wildman–Crippen MR) is 70.6 cm³/mol. The van der Waals surface area contributed by atoms with E-state index in [9.17, 15) is 4.79 Å². The standard InChI is InChI=1S/C13H18ClNO3/c1-2-18-13(16)10-17-8-7-15-9-11-5-3-4-6-12(11)14/h3-6,15H,2,7-10H2,1H3. The number of hydrogen-bond donors (Lipinski definition) is 1. The van der Waals surface area contributed by atoms with E-state index in [4.69, 9.17) is 21.1 Å².